The summed E-state index contributed by atoms with van der Waals surface area (Å²) in [5.41, 5.74) is 0. The number of carbonyl (C=O) groups is 1. The maximum atomic E-state index is 12.6. The van der Waals surface area contributed by atoms with Crippen molar-refractivity contribution in [3.05, 3.63) is 0 Å². The lowest BCUT2D eigenvalue weighted by atomic mass is 9.95. The smallest absolute Gasteiger partial charge is 0.378 e. The largest absolute Gasteiger partial charge is 0.390 e. The van der Waals surface area contributed by atoms with E-state index in [1.807, 2.05) is 21.6 Å². The van der Waals surface area contributed by atoms with Crippen LogP contribution in [-0.4, -0.2) is 85.4 Å². The van der Waals surface area contributed by atoms with E-state index in [2.05, 4.69) is 0 Å². The number of hydrogen-bond acceptors (Lipinski definition) is 3. The summed E-state index contributed by atoms with van der Waals surface area (Å²) in [5.74, 6) is 0.351. The Morgan fingerprint density at radius 1 is 1.16 bits per heavy atom. The van der Waals surface area contributed by atoms with Crippen molar-refractivity contribution in [1.82, 2.24) is 14.7 Å². The van der Waals surface area contributed by atoms with Gasteiger partial charge in [0.05, 0.1) is 19.6 Å². The van der Waals surface area contributed by atoms with Gasteiger partial charge >= 0.3 is 12.2 Å². The Balaban J connectivity index is 1.77. The molecule has 8 heteroatoms. The molecule has 25 heavy (non-hydrogen) atoms. The van der Waals surface area contributed by atoms with Gasteiger partial charge in [0, 0.05) is 38.8 Å². The topological polar surface area (TPSA) is 36.0 Å². The lowest BCUT2D eigenvalue weighted by molar-refractivity contribution is -0.146. The van der Waals surface area contributed by atoms with Gasteiger partial charge in [0.15, 0.2) is 0 Å². The van der Waals surface area contributed by atoms with E-state index in [1.165, 1.54) is 0 Å². The number of rotatable bonds is 5. The third-order valence-corrected chi connectivity index (χ3v) is 5.22. The summed E-state index contributed by atoms with van der Waals surface area (Å²) in [6.07, 6.45) is -3.19. The summed E-state index contributed by atoms with van der Waals surface area (Å²) in [4.78, 5) is 18.1. The van der Waals surface area contributed by atoms with Crippen LogP contribution < -0.4 is 0 Å². The molecule has 2 saturated heterocycles. The van der Waals surface area contributed by atoms with Crippen molar-refractivity contribution in [1.29, 1.82) is 0 Å². The molecule has 0 aliphatic carbocycles. The van der Waals surface area contributed by atoms with Gasteiger partial charge in [0.25, 0.3) is 0 Å². The summed E-state index contributed by atoms with van der Waals surface area (Å²) < 4.78 is 43.1. The van der Waals surface area contributed by atoms with Crippen molar-refractivity contribution in [2.24, 2.45) is 5.92 Å². The quantitative estimate of drug-likeness (QED) is 0.752. The van der Waals surface area contributed by atoms with Crippen LogP contribution in [0.2, 0.25) is 0 Å². The Kier molecular flexibility index (Phi) is 7.37. The number of morpholine rings is 1. The number of halogens is 3. The van der Waals surface area contributed by atoms with Crippen LogP contribution in [-0.2, 0) is 4.74 Å². The third-order valence-electron chi connectivity index (χ3n) is 5.22. The van der Waals surface area contributed by atoms with Gasteiger partial charge in [-0.2, -0.15) is 13.2 Å². The number of amides is 2. The number of ether oxygens (including phenoxy) is 1. The standard InChI is InChI=1S/C17H30F3N3O2/c1-3-21(14(2)12-17(18,19)20)13-15-4-6-22(7-5-15)16(24)23-8-10-25-11-9-23/h14-15H,3-13H2,1-2H3. The normalized spacial score (nSPS) is 21.7. The fourth-order valence-corrected chi connectivity index (χ4v) is 3.68. The first-order chi connectivity index (χ1) is 11.8. The molecule has 2 aliphatic rings. The van der Waals surface area contributed by atoms with E-state index in [9.17, 15) is 18.0 Å². The Bertz CT molecular complexity index is 420. The van der Waals surface area contributed by atoms with Gasteiger partial charge < -0.3 is 19.4 Å². The summed E-state index contributed by atoms with van der Waals surface area (Å²) >= 11 is 0. The molecular weight excluding hydrogens is 335 g/mol. The molecular formula is C17H30F3N3O2. The second-order valence-electron chi connectivity index (χ2n) is 7.07. The highest BCUT2D eigenvalue weighted by molar-refractivity contribution is 5.74. The van der Waals surface area contributed by atoms with Gasteiger partial charge in [-0.3, -0.25) is 0 Å². The minimum Gasteiger partial charge on any atom is -0.378 e. The van der Waals surface area contributed by atoms with E-state index in [1.54, 1.807) is 6.92 Å². The second kappa shape index (κ2) is 9.07. The Labute approximate surface area is 148 Å². The molecule has 5 nitrogen and oxygen atoms in total. The highest BCUT2D eigenvalue weighted by Gasteiger charge is 2.33. The highest BCUT2D eigenvalue weighted by atomic mass is 19.4. The molecule has 2 rings (SSSR count). The summed E-state index contributed by atoms with van der Waals surface area (Å²) in [5, 5.41) is 0. The van der Waals surface area contributed by atoms with Crippen molar-refractivity contribution in [2.75, 3.05) is 52.5 Å². The van der Waals surface area contributed by atoms with Crippen molar-refractivity contribution in [2.45, 2.75) is 45.3 Å². The average Bonchev–Trinajstić information content (AvgIpc) is 2.58. The predicted molar refractivity (Wildman–Crippen MR) is 89.5 cm³/mol. The van der Waals surface area contributed by atoms with E-state index < -0.39 is 18.6 Å². The predicted octanol–water partition coefficient (Wildman–Crippen LogP) is 2.81. The molecule has 1 atom stereocenters. The molecule has 146 valence electrons. The zero-order chi connectivity index (χ0) is 18.4. The van der Waals surface area contributed by atoms with Crippen molar-refractivity contribution < 1.29 is 22.7 Å². The number of alkyl halides is 3. The molecule has 2 fully saturated rings. The maximum absolute atomic E-state index is 12.6. The van der Waals surface area contributed by atoms with Crippen molar-refractivity contribution in [3.63, 3.8) is 0 Å². The number of urea groups is 1. The molecule has 0 spiro atoms. The lowest BCUT2D eigenvalue weighted by Gasteiger charge is -2.39. The fraction of sp³-hybridized carbons (Fsp3) is 0.941. The summed E-state index contributed by atoms with van der Waals surface area (Å²) in [7, 11) is 0. The number of nitrogens with zero attached hydrogens (tertiary/aromatic N) is 3. The highest BCUT2D eigenvalue weighted by Crippen LogP contribution is 2.26. The van der Waals surface area contributed by atoms with Gasteiger partial charge in [-0.05, 0) is 32.2 Å². The van der Waals surface area contributed by atoms with Crippen LogP contribution in [0, 0.1) is 5.92 Å². The van der Waals surface area contributed by atoms with Crippen molar-refractivity contribution >= 4 is 6.03 Å². The number of carbonyl (C=O) groups excluding carboxylic acids is 1. The van der Waals surface area contributed by atoms with Crippen LogP contribution in [0.5, 0.6) is 0 Å². The number of hydrogen-bond donors (Lipinski definition) is 0. The van der Waals surface area contributed by atoms with Gasteiger partial charge in [0.2, 0.25) is 0 Å². The van der Waals surface area contributed by atoms with Crippen LogP contribution in [0.25, 0.3) is 0 Å². The maximum Gasteiger partial charge on any atom is 0.390 e. The van der Waals surface area contributed by atoms with Crippen LogP contribution in [0.3, 0.4) is 0 Å². The summed E-state index contributed by atoms with van der Waals surface area (Å²) in [6.45, 7) is 8.66. The van der Waals surface area contributed by atoms with Crippen LogP contribution >= 0.6 is 0 Å². The Morgan fingerprint density at radius 2 is 1.72 bits per heavy atom. The zero-order valence-corrected chi connectivity index (χ0v) is 15.2. The third kappa shape index (κ3) is 6.33. The molecule has 0 aromatic carbocycles. The molecule has 0 saturated carbocycles. The zero-order valence-electron chi connectivity index (χ0n) is 15.2. The molecule has 0 aromatic rings. The second-order valence-corrected chi connectivity index (χ2v) is 7.07. The molecule has 2 heterocycles. The number of likely N-dealkylation sites (tertiary alicyclic amines) is 1. The first-order valence-electron chi connectivity index (χ1n) is 9.22. The Morgan fingerprint density at radius 3 is 2.24 bits per heavy atom. The minimum atomic E-state index is -4.12. The minimum absolute atomic E-state index is 0.0690. The molecule has 2 aliphatic heterocycles. The van der Waals surface area contributed by atoms with E-state index in [4.69, 9.17) is 4.74 Å². The Hall–Kier alpha value is -1.02. The van der Waals surface area contributed by atoms with Crippen molar-refractivity contribution in [3.8, 4) is 0 Å². The first-order valence-corrected chi connectivity index (χ1v) is 9.22. The number of piperidine rings is 1. The van der Waals surface area contributed by atoms with Gasteiger partial charge in [0.1, 0.15) is 0 Å². The SMILES string of the molecule is CCN(CC1CCN(C(=O)N2CCOCC2)CC1)C(C)CC(F)(F)F. The molecule has 2 amide bonds. The van der Waals surface area contributed by atoms with E-state index in [-0.39, 0.29) is 6.03 Å². The first kappa shape index (κ1) is 20.3. The van der Waals surface area contributed by atoms with Crippen LogP contribution in [0.1, 0.15) is 33.1 Å². The van der Waals surface area contributed by atoms with Gasteiger partial charge in [-0.15, -0.1) is 0 Å². The molecule has 0 radical (unpaired) electrons. The van der Waals surface area contributed by atoms with E-state index in [0.29, 0.717) is 58.4 Å². The van der Waals surface area contributed by atoms with Gasteiger partial charge in [-0.1, -0.05) is 6.92 Å². The average molecular weight is 365 g/mol. The van der Waals surface area contributed by atoms with Gasteiger partial charge in [-0.25, -0.2) is 4.79 Å². The molecule has 0 aromatic heterocycles. The summed E-state index contributed by atoms with van der Waals surface area (Å²) in [6, 6.07) is -0.433. The monoisotopic (exact) mass is 365 g/mol. The van der Waals surface area contributed by atoms with Crippen LogP contribution in [0.15, 0.2) is 0 Å². The molecule has 0 N–H and O–H groups in total. The van der Waals surface area contributed by atoms with E-state index >= 15 is 0 Å². The fourth-order valence-electron chi connectivity index (χ4n) is 3.68. The lowest BCUT2D eigenvalue weighted by Crippen LogP contribution is -2.51. The molecule has 0 bridgehead atoms. The van der Waals surface area contributed by atoms with E-state index in [0.717, 1.165) is 12.8 Å². The molecule has 1 unspecified atom stereocenters. The van der Waals surface area contributed by atoms with Crippen LogP contribution in [0.4, 0.5) is 18.0 Å².